The highest BCUT2D eigenvalue weighted by atomic mass is 35.5. The molecule has 1 aliphatic carbocycles. The number of fused-ring (bicyclic) bond motifs is 1. The Bertz CT molecular complexity index is 1260. The number of hydrogen-bond acceptors (Lipinski definition) is 7. The number of benzene rings is 1. The van der Waals surface area contributed by atoms with Crippen LogP contribution in [-0.2, 0) is 11.3 Å². The third-order valence-corrected chi connectivity index (χ3v) is 9.92. The Kier molecular flexibility index (Phi) is 7.02. The topological polar surface area (TPSA) is 51.7 Å². The molecule has 188 valence electrons. The van der Waals surface area contributed by atoms with E-state index < -0.39 is 0 Å². The molecule has 2 fully saturated rings. The van der Waals surface area contributed by atoms with E-state index in [9.17, 15) is 4.79 Å². The van der Waals surface area contributed by atoms with Gasteiger partial charge >= 0.3 is 0 Å². The first-order valence-electron chi connectivity index (χ1n) is 12.7. The van der Waals surface area contributed by atoms with Crippen LogP contribution in [0, 0.1) is 0 Å². The number of thiazole rings is 1. The average molecular weight is 540 g/mol. The molecule has 0 spiro atoms. The minimum absolute atomic E-state index is 0.713. The maximum atomic E-state index is 10.8. The van der Waals surface area contributed by atoms with Crippen molar-refractivity contribution in [2.45, 2.75) is 44.7 Å². The number of thiophene rings is 1. The smallest absolute Gasteiger partial charge is 0.211 e. The molecule has 0 radical (unpaired) electrons. The molecule has 2 aliphatic heterocycles. The van der Waals surface area contributed by atoms with Crippen molar-refractivity contribution in [3.05, 3.63) is 52.0 Å². The predicted molar refractivity (Wildman–Crippen MR) is 152 cm³/mol. The van der Waals surface area contributed by atoms with E-state index in [0.717, 1.165) is 70.7 Å². The molecule has 1 N–H and O–H groups in total. The zero-order valence-corrected chi connectivity index (χ0v) is 22.5. The summed E-state index contributed by atoms with van der Waals surface area (Å²) in [6.45, 7) is 5.07. The molecule has 36 heavy (non-hydrogen) atoms. The van der Waals surface area contributed by atoms with E-state index in [1.165, 1.54) is 42.7 Å². The Morgan fingerprint density at radius 2 is 1.92 bits per heavy atom. The van der Waals surface area contributed by atoms with Gasteiger partial charge in [-0.3, -0.25) is 9.69 Å². The molecular formula is C27H30ClN5OS2. The summed E-state index contributed by atoms with van der Waals surface area (Å²) in [6, 6.07) is 8.85. The van der Waals surface area contributed by atoms with Gasteiger partial charge in [-0.25, -0.2) is 4.98 Å². The van der Waals surface area contributed by atoms with Crippen LogP contribution in [0.5, 0.6) is 0 Å². The zero-order valence-electron chi connectivity index (χ0n) is 20.2. The minimum atomic E-state index is 0.713. The normalized spacial score (nSPS) is 18.9. The third-order valence-electron chi connectivity index (χ3n) is 7.48. The molecule has 3 aromatic rings. The average Bonchev–Trinajstić information content (AvgIpc) is 3.56. The summed E-state index contributed by atoms with van der Waals surface area (Å²) < 4.78 is 0. The number of piperazine rings is 1. The molecule has 0 unspecified atom stereocenters. The van der Waals surface area contributed by atoms with Crippen LogP contribution in [0.2, 0.25) is 5.02 Å². The molecule has 0 atom stereocenters. The van der Waals surface area contributed by atoms with Crippen molar-refractivity contribution in [3.63, 3.8) is 0 Å². The maximum absolute atomic E-state index is 10.8. The van der Waals surface area contributed by atoms with Crippen molar-refractivity contribution >= 4 is 62.6 Å². The van der Waals surface area contributed by atoms with Crippen LogP contribution in [0.3, 0.4) is 0 Å². The van der Waals surface area contributed by atoms with Gasteiger partial charge in [0.05, 0.1) is 16.4 Å². The zero-order chi connectivity index (χ0) is 24.5. The van der Waals surface area contributed by atoms with Crippen molar-refractivity contribution < 1.29 is 4.79 Å². The van der Waals surface area contributed by atoms with Crippen molar-refractivity contribution in [2.24, 2.45) is 0 Å². The lowest BCUT2D eigenvalue weighted by Crippen LogP contribution is -2.50. The van der Waals surface area contributed by atoms with Gasteiger partial charge in [-0.05, 0) is 48.2 Å². The lowest BCUT2D eigenvalue weighted by Gasteiger charge is -2.41. The number of aromatic nitrogens is 1. The van der Waals surface area contributed by atoms with Crippen molar-refractivity contribution in [2.75, 3.05) is 41.3 Å². The van der Waals surface area contributed by atoms with E-state index >= 15 is 0 Å². The van der Waals surface area contributed by atoms with Gasteiger partial charge in [0.15, 0.2) is 5.13 Å². The first kappa shape index (κ1) is 24.0. The fourth-order valence-corrected chi connectivity index (χ4v) is 7.81. The molecule has 0 bridgehead atoms. The van der Waals surface area contributed by atoms with Crippen LogP contribution in [0.25, 0.3) is 16.6 Å². The second-order valence-corrected chi connectivity index (χ2v) is 12.0. The summed E-state index contributed by atoms with van der Waals surface area (Å²) in [5, 5.41) is 7.73. The first-order chi connectivity index (χ1) is 17.7. The van der Waals surface area contributed by atoms with Gasteiger partial charge in [0.2, 0.25) is 6.41 Å². The Morgan fingerprint density at radius 1 is 1.08 bits per heavy atom. The van der Waals surface area contributed by atoms with Gasteiger partial charge in [0, 0.05) is 49.5 Å². The van der Waals surface area contributed by atoms with E-state index in [4.69, 9.17) is 16.6 Å². The Hall–Kier alpha value is -2.39. The number of anilines is 3. The number of nitrogens with zero attached hydrogens (tertiary/aromatic N) is 4. The van der Waals surface area contributed by atoms with Crippen LogP contribution in [0.1, 0.15) is 43.2 Å². The predicted octanol–water partition coefficient (Wildman–Crippen LogP) is 6.54. The number of amides is 1. The van der Waals surface area contributed by atoms with Crippen LogP contribution in [0.4, 0.5) is 15.8 Å². The lowest BCUT2D eigenvalue weighted by molar-refractivity contribution is -0.105. The van der Waals surface area contributed by atoms with Gasteiger partial charge in [0.25, 0.3) is 0 Å². The summed E-state index contributed by atoms with van der Waals surface area (Å²) in [5.41, 5.74) is 4.19. The number of halogens is 1. The van der Waals surface area contributed by atoms with E-state index in [-0.39, 0.29) is 0 Å². The minimum Gasteiger partial charge on any atom is -0.359 e. The highest BCUT2D eigenvalue weighted by molar-refractivity contribution is 7.21. The summed E-state index contributed by atoms with van der Waals surface area (Å²) >= 11 is 9.76. The first-order valence-corrected chi connectivity index (χ1v) is 14.8. The number of nitrogens with one attached hydrogen (secondary N) is 1. The number of carbonyl (C=O) groups excluding carboxylic acids is 1. The van der Waals surface area contributed by atoms with Gasteiger partial charge < -0.3 is 15.1 Å². The van der Waals surface area contributed by atoms with Gasteiger partial charge in [-0.1, -0.05) is 48.3 Å². The maximum Gasteiger partial charge on any atom is 0.211 e. The van der Waals surface area contributed by atoms with Crippen LogP contribution in [0.15, 0.2) is 35.8 Å². The summed E-state index contributed by atoms with van der Waals surface area (Å²) in [7, 11) is 0. The molecule has 6 nitrogen and oxygen atoms in total. The van der Waals surface area contributed by atoms with Gasteiger partial charge in [0.1, 0.15) is 10.7 Å². The Balaban J connectivity index is 1.25. The Labute approximate surface area is 225 Å². The number of hydrogen-bond donors (Lipinski definition) is 1. The van der Waals surface area contributed by atoms with E-state index in [1.807, 2.05) is 23.6 Å². The lowest BCUT2D eigenvalue weighted by atomic mass is 9.94. The molecular weight excluding hydrogens is 510 g/mol. The van der Waals surface area contributed by atoms with Crippen LogP contribution in [-0.4, -0.2) is 48.5 Å². The molecule has 9 heteroatoms. The Morgan fingerprint density at radius 3 is 2.67 bits per heavy atom. The molecule has 4 heterocycles. The monoisotopic (exact) mass is 539 g/mol. The quantitative estimate of drug-likeness (QED) is 0.360. The van der Waals surface area contributed by atoms with E-state index in [0.29, 0.717) is 6.41 Å². The van der Waals surface area contributed by atoms with Crippen LogP contribution < -0.4 is 15.1 Å². The SMILES string of the molecule is O=CNc1ccc2c(c1)C=CN(c1nc(-c3cc(Cl)cs3)c(N3CCN(C4CCCCC4)CC3)s1)C2. The van der Waals surface area contributed by atoms with Crippen molar-refractivity contribution in [3.8, 4) is 10.6 Å². The largest absolute Gasteiger partial charge is 0.359 e. The van der Waals surface area contributed by atoms with Crippen molar-refractivity contribution in [1.29, 1.82) is 0 Å². The van der Waals surface area contributed by atoms with E-state index in [2.05, 4.69) is 38.4 Å². The fourth-order valence-electron chi connectivity index (χ4n) is 5.56. The molecule has 1 amide bonds. The van der Waals surface area contributed by atoms with Crippen molar-refractivity contribution in [1.82, 2.24) is 9.88 Å². The van der Waals surface area contributed by atoms with E-state index in [1.54, 1.807) is 22.7 Å². The molecule has 1 saturated carbocycles. The highest BCUT2D eigenvalue weighted by Crippen LogP contribution is 2.44. The van der Waals surface area contributed by atoms with Gasteiger partial charge in [-0.2, -0.15) is 0 Å². The summed E-state index contributed by atoms with van der Waals surface area (Å²) in [6.07, 6.45) is 11.8. The standard InChI is InChI=1S/C27H30ClN5OS2/c28-21-15-24(35-17-21)25-26(32-12-10-31(11-13-32)23-4-2-1-3-5-23)36-27(30-25)33-9-8-19-14-22(29-18-34)7-6-20(19)16-33/h6-9,14-15,17-18,23H,1-5,10-13,16H2,(H,29,34). The van der Waals surface area contributed by atoms with Gasteiger partial charge in [-0.15, -0.1) is 11.3 Å². The molecule has 2 aromatic heterocycles. The fraction of sp³-hybridized carbons (Fsp3) is 0.407. The summed E-state index contributed by atoms with van der Waals surface area (Å²) in [4.78, 5) is 24.6. The second-order valence-electron chi connectivity index (χ2n) is 9.71. The second kappa shape index (κ2) is 10.5. The van der Waals surface area contributed by atoms with Crippen LogP contribution >= 0.6 is 34.3 Å². The molecule has 6 rings (SSSR count). The highest BCUT2D eigenvalue weighted by Gasteiger charge is 2.29. The number of carbonyl (C=O) groups is 1. The molecule has 1 saturated heterocycles. The third kappa shape index (κ3) is 4.92. The molecule has 1 aromatic carbocycles. The number of rotatable bonds is 6. The summed E-state index contributed by atoms with van der Waals surface area (Å²) in [5.74, 6) is 0. The molecule has 3 aliphatic rings.